The maximum Gasteiger partial charge on any atom is 0.416 e. The number of halogens is 4. The summed E-state index contributed by atoms with van der Waals surface area (Å²) < 4.78 is 39.1. The van der Waals surface area contributed by atoms with Gasteiger partial charge in [0.2, 0.25) is 0 Å². The van der Waals surface area contributed by atoms with Gasteiger partial charge in [-0.15, -0.1) is 0 Å². The minimum atomic E-state index is -4.44. The van der Waals surface area contributed by atoms with Crippen LogP contribution < -0.4 is 0 Å². The maximum atomic E-state index is 12.8. The Hall–Kier alpha value is -0.770. The molecule has 0 N–H and O–H groups in total. The van der Waals surface area contributed by atoms with E-state index in [1.54, 1.807) is 0 Å². The molecule has 1 heterocycles. The summed E-state index contributed by atoms with van der Waals surface area (Å²) in [5.74, 6) is -0.632. The number of carbonyl (C=O) groups is 2. The smallest absolute Gasteiger partial charge is 0.319 e. The van der Waals surface area contributed by atoms with Gasteiger partial charge >= 0.3 is 12.1 Å². The quantitative estimate of drug-likeness (QED) is 0.417. The van der Waals surface area contributed by atoms with E-state index in [1.807, 2.05) is 0 Å². The van der Waals surface area contributed by atoms with Crippen LogP contribution in [0.1, 0.15) is 22.9 Å². The Morgan fingerprint density at radius 1 is 1.29 bits per heavy atom. The molecule has 114 valence electrons. The van der Waals surface area contributed by atoms with Crippen molar-refractivity contribution in [2.24, 2.45) is 0 Å². The van der Waals surface area contributed by atoms with E-state index in [-0.39, 0.29) is 0 Å². The van der Waals surface area contributed by atoms with Crippen molar-refractivity contribution in [1.82, 2.24) is 4.90 Å². The third-order valence-electron chi connectivity index (χ3n) is 2.97. The minimum Gasteiger partial charge on any atom is -0.319 e. The normalized spacial score (nSPS) is 19.4. The highest BCUT2D eigenvalue weighted by atomic mass is 127. The van der Waals surface area contributed by atoms with Crippen molar-refractivity contribution >= 4 is 45.4 Å². The lowest BCUT2D eigenvalue weighted by Crippen LogP contribution is -2.30. The van der Waals surface area contributed by atoms with Gasteiger partial charge in [-0.2, -0.15) is 13.2 Å². The van der Waals surface area contributed by atoms with Crippen LogP contribution in [-0.2, 0) is 15.8 Å². The number of alkyl halides is 4. The number of nitrogens with zero attached hydrogens (tertiary/aromatic N) is 1. The SMILES string of the molecule is O=C1SC(c2cccc(C(F)(F)F)c2)N(CCCI)C1=O. The largest absolute Gasteiger partial charge is 0.416 e. The summed E-state index contributed by atoms with van der Waals surface area (Å²) in [5, 5.41) is -1.29. The summed E-state index contributed by atoms with van der Waals surface area (Å²) in [5.41, 5.74) is -0.455. The van der Waals surface area contributed by atoms with Crippen molar-refractivity contribution in [3.63, 3.8) is 0 Å². The molecular formula is C13H11F3INO2S. The predicted molar refractivity (Wildman–Crippen MR) is 82.0 cm³/mol. The van der Waals surface area contributed by atoms with Crippen molar-refractivity contribution in [2.45, 2.75) is 18.0 Å². The highest BCUT2D eigenvalue weighted by Crippen LogP contribution is 2.41. The molecule has 1 saturated heterocycles. The molecule has 1 aliphatic heterocycles. The summed E-state index contributed by atoms with van der Waals surface area (Å²) in [6.07, 6.45) is -3.75. The van der Waals surface area contributed by atoms with Gasteiger partial charge in [0.05, 0.1) is 5.56 Å². The van der Waals surface area contributed by atoms with Gasteiger partial charge in [-0.3, -0.25) is 9.59 Å². The number of hydrogen-bond donors (Lipinski definition) is 0. The number of hydrogen-bond acceptors (Lipinski definition) is 3. The van der Waals surface area contributed by atoms with Crippen LogP contribution in [0.5, 0.6) is 0 Å². The van der Waals surface area contributed by atoms with Crippen LogP contribution >= 0.6 is 34.4 Å². The Morgan fingerprint density at radius 3 is 2.62 bits per heavy atom. The van der Waals surface area contributed by atoms with E-state index in [2.05, 4.69) is 22.6 Å². The highest BCUT2D eigenvalue weighted by molar-refractivity contribution is 14.1. The van der Waals surface area contributed by atoms with Crippen LogP contribution in [0.3, 0.4) is 0 Å². The second-order valence-corrected chi connectivity index (χ2v) is 6.55. The van der Waals surface area contributed by atoms with Gasteiger partial charge in [0.1, 0.15) is 5.37 Å². The van der Waals surface area contributed by atoms with E-state index in [1.165, 1.54) is 17.0 Å². The average molecular weight is 429 g/mol. The molecule has 1 aliphatic rings. The maximum absolute atomic E-state index is 12.8. The fraction of sp³-hybridized carbons (Fsp3) is 0.385. The van der Waals surface area contributed by atoms with Crippen LogP contribution in [0.2, 0.25) is 0 Å². The third kappa shape index (κ3) is 3.71. The van der Waals surface area contributed by atoms with Crippen LogP contribution in [0.25, 0.3) is 0 Å². The lowest BCUT2D eigenvalue weighted by atomic mass is 10.1. The van der Waals surface area contributed by atoms with E-state index >= 15 is 0 Å². The van der Waals surface area contributed by atoms with Crippen LogP contribution in [0, 0.1) is 0 Å². The molecule has 1 amide bonds. The minimum absolute atomic E-state index is 0.322. The molecule has 0 aromatic heterocycles. The van der Waals surface area contributed by atoms with Gasteiger partial charge in [-0.05, 0) is 35.9 Å². The zero-order valence-electron chi connectivity index (χ0n) is 10.7. The molecule has 21 heavy (non-hydrogen) atoms. The van der Waals surface area contributed by atoms with Gasteiger partial charge in [0, 0.05) is 11.0 Å². The molecule has 0 spiro atoms. The van der Waals surface area contributed by atoms with E-state index in [9.17, 15) is 22.8 Å². The van der Waals surface area contributed by atoms with E-state index in [0.29, 0.717) is 18.5 Å². The van der Waals surface area contributed by atoms with Crippen LogP contribution in [-0.4, -0.2) is 26.9 Å². The topological polar surface area (TPSA) is 37.4 Å². The molecule has 1 aromatic carbocycles. The molecule has 1 aromatic rings. The van der Waals surface area contributed by atoms with Gasteiger partial charge in [-0.1, -0.05) is 34.7 Å². The molecule has 8 heteroatoms. The van der Waals surface area contributed by atoms with Crippen LogP contribution in [0.4, 0.5) is 13.2 Å². The Labute approximate surface area is 137 Å². The molecule has 3 nitrogen and oxygen atoms in total. The fourth-order valence-corrected chi connectivity index (χ4v) is 3.38. The first-order valence-corrected chi connectivity index (χ1v) is 8.50. The monoisotopic (exact) mass is 429 g/mol. The number of rotatable bonds is 4. The fourth-order valence-electron chi connectivity index (χ4n) is 2.00. The Kier molecular flexibility index (Phi) is 5.18. The van der Waals surface area contributed by atoms with Crippen molar-refractivity contribution in [3.05, 3.63) is 35.4 Å². The second-order valence-electron chi connectivity index (χ2n) is 4.42. The first-order valence-electron chi connectivity index (χ1n) is 6.09. The standard InChI is InChI=1S/C13H11F3INO2S/c14-13(15,16)9-4-1-3-8(7-9)11-18(6-2-5-17)10(19)12(20)21-11/h1,3-4,7,11H,2,5-6H2. The van der Waals surface area contributed by atoms with E-state index < -0.39 is 28.1 Å². The zero-order chi connectivity index (χ0) is 15.6. The average Bonchev–Trinajstić information content (AvgIpc) is 2.72. The molecule has 0 radical (unpaired) electrons. The van der Waals surface area contributed by atoms with Crippen molar-refractivity contribution in [3.8, 4) is 0 Å². The van der Waals surface area contributed by atoms with Gasteiger partial charge in [0.25, 0.3) is 5.12 Å². The lowest BCUT2D eigenvalue weighted by Gasteiger charge is -2.23. The van der Waals surface area contributed by atoms with Gasteiger partial charge < -0.3 is 4.90 Å². The Balaban J connectivity index is 2.31. The first kappa shape index (κ1) is 16.6. The highest BCUT2D eigenvalue weighted by Gasteiger charge is 2.40. The summed E-state index contributed by atoms with van der Waals surface area (Å²) in [7, 11) is 0. The van der Waals surface area contributed by atoms with E-state index in [0.717, 1.165) is 28.3 Å². The number of benzene rings is 1. The summed E-state index contributed by atoms with van der Waals surface area (Å²) in [4.78, 5) is 24.7. The Morgan fingerprint density at radius 2 is 2.00 bits per heavy atom. The molecule has 1 unspecified atom stereocenters. The molecule has 1 fully saturated rings. The molecular weight excluding hydrogens is 418 g/mol. The van der Waals surface area contributed by atoms with Crippen LogP contribution in [0.15, 0.2) is 24.3 Å². The molecule has 0 bridgehead atoms. The molecule has 0 saturated carbocycles. The summed E-state index contributed by atoms with van der Waals surface area (Å²) >= 11 is 2.92. The predicted octanol–water partition coefficient (Wildman–Crippen LogP) is 3.63. The zero-order valence-corrected chi connectivity index (χ0v) is 13.7. The number of carbonyl (C=O) groups excluding carboxylic acids is 2. The number of thioether (sulfide) groups is 1. The summed E-state index contributed by atoms with van der Waals surface area (Å²) in [6, 6.07) is 4.78. The second kappa shape index (κ2) is 6.55. The van der Waals surface area contributed by atoms with Crippen molar-refractivity contribution < 1.29 is 22.8 Å². The first-order chi connectivity index (χ1) is 9.84. The van der Waals surface area contributed by atoms with Gasteiger partial charge in [0.15, 0.2) is 0 Å². The van der Waals surface area contributed by atoms with Crippen molar-refractivity contribution in [2.75, 3.05) is 11.0 Å². The Bertz CT molecular complexity index is 565. The number of amides is 1. The van der Waals surface area contributed by atoms with Crippen molar-refractivity contribution in [1.29, 1.82) is 0 Å². The van der Waals surface area contributed by atoms with E-state index in [4.69, 9.17) is 0 Å². The lowest BCUT2D eigenvalue weighted by molar-refractivity contribution is -0.139. The summed E-state index contributed by atoms with van der Waals surface area (Å²) in [6.45, 7) is 0.363. The molecule has 1 atom stereocenters. The van der Waals surface area contributed by atoms with Gasteiger partial charge in [-0.25, -0.2) is 0 Å². The molecule has 0 aliphatic carbocycles. The molecule has 2 rings (SSSR count). The third-order valence-corrected chi connectivity index (χ3v) is 4.87.